The third-order valence-corrected chi connectivity index (χ3v) is 3.07. The molecular formula is C12H22F3N3O2. The zero-order chi connectivity index (χ0) is 15.8. The van der Waals surface area contributed by atoms with E-state index in [1.54, 1.807) is 4.90 Å². The summed E-state index contributed by atoms with van der Waals surface area (Å²) in [5.41, 5.74) is 4.07. The summed E-state index contributed by atoms with van der Waals surface area (Å²) in [6, 6.07) is 0. The highest BCUT2D eigenvalue weighted by Crippen LogP contribution is 2.32. The van der Waals surface area contributed by atoms with Crippen molar-refractivity contribution < 1.29 is 23.1 Å². The number of nitrogens with two attached hydrogens (primary N) is 1. The van der Waals surface area contributed by atoms with E-state index in [1.165, 1.54) is 0 Å². The minimum Gasteiger partial charge on any atom is -0.409 e. The summed E-state index contributed by atoms with van der Waals surface area (Å²) in [4.78, 5) is 1.64. The first-order valence-corrected chi connectivity index (χ1v) is 6.33. The summed E-state index contributed by atoms with van der Waals surface area (Å²) in [6.45, 7) is 7.65. The van der Waals surface area contributed by atoms with Gasteiger partial charge in [0.1, 0.15) is 5.92 Å². The van der Waals surface area contributed by atoms with Crippen LogP contribution in [0.25, 0.3) is 0 Å². The molecule has 1 unspecified atom stereocenters. The van der Waals surface area contributed by atoms with Gasteiger partial charge in [0.2, 0.25) is 0 Å². The highest BCUT2D eigenvalue weighted by Gasteiger charge is 2.46. The Labute approximate surface area is 116 Å². The lowest BCUT2D eigenvalue weighted by Gasteiger charge is -2.48. The van der Waals surface area contributed by atoms with Crippen LogP contribution in [0.15, 0.2) is 5.16 Å². The molecule has 0 aromatic rings. The zero-order valence-electron chi connectivity index (χ0n) is 12.2. The van der Waals surface area contributed by atoms with E-state index in [0.717, 1.165) is 0 Å². The molecule has 0 amide bonds. The largest absolute Gasteiger partial charge is 0.409 e. The molecule has 5 nitrogen and oxygen atoms in total. The topological polar surface area (TPSA) is 71.1 Å². The maximum Gasteiger partial charge on any atom is 0.400 e. The molecule has 8 heteroatoms. The van der Waals surface area contributed by atoms with E-state index in [4.69, 9.17) is 15.7 Å². The molecule has 0 aliphatic carbocycles. The molecule has 1 fully saturated rings. The number of oxime groups is 1. The predicted octanol–water partition coefficient (Wildman–Crippen LogP) is 1.80. The second-order valence-electron chi connectivity index (χ2n) is 6.41. The van der Waals surface area contributed by atoms with Gasteiger partial charge in [-0.25, -0.2) is 0 Å². The van der Waals surface area contributed by atoms with Crippen LogP contribution >= 0.6 is 0 Å². The minimum absolute atomic E-state index is 0.349. The zero-order valence-corrected chi connectivity index (χ0v) is 12.2. The summed E-state index contributed by atoms with van der Waals surface area (Å²) >= 11 is 0. The molecule has 1 aliphatic heterocycles. The van der Waals surface area contributed by atoms with Gasteiger partial charge >= 0.3 is 6.18 Å². The first kappa shape index (κ1) is 17.0. The molecule has 0 bridgehead atoms. The number of alkyl halides is 3. The molecule has 1 rings (SSSR count). The van der Waals surface area contributed by atoms with Gasteiger partial charge in [-0.15, -0.1) is 0 Å². The summed E-state index contributed by atoms with van der Waals surface area (Å²) < 4.78 is 44.7. The van der Waals surface area contributed by atoms with Crippen molar-refractivity contribution in [3.8, 4) is 0 Å². The number of amidine groups is 1. The molecule has 0 radical (unpaired) electrons. The number of hydrogen-bond acceptors (Lipinski definition) is 4. The Morgan fingerprint density at radius 1 is 1.30 bits per heavy atom. The van der Waals surface area contributed by atoms with Crippen LogP contribution in [0.5, 0.6) is 0 Å². The molecule has 0 aromatic carbocycles. The Balaban J connectivity index is 2.89. The predicted molar refractivity (Wildman–Crippen MR) is 68.6 cm³/mol. The van der Waals surface area contributed by atoms with Crippen molar-refractivity contribution in [2.24, 2.45) is 16.8 Å². The van der Waals surface area contributed by atoms with Crippen molar-refractivity contribution >= 4 is 5.84 Å². The van der Waals surface area contributed by atoms with E-state index in [2.05, 4.69) is 5.16 Å². The van der Waals surface area contributed by atoms with Gasteiger partial charge in [-0.3, -0.25) is 4.90 Å². The fraction of sp³-hybridized carbons (Fsp3) is 0.917. The van der Waals surface area contributed by atoms with Gasteiger partial charge in [-0.1, -0.05) is 5.16 Å². The van der Waals surface area contributed by atoms with E-state index in [0.29, 0.717) is 13.1 Å². The van der Waals surface area contributed by atoms with Gasteiger partial charge in [0.05, 0.1) is 11.2 Å². The number of rotatable bonds is 3. The van der Waals surface area contributed by atoms with E-state index < -0.39 is 29.1 Å². The lowest BCUT2D eigenvalue weighted by molar-refractivity contribution is -0.197. The SMILES string of the molecule is CC1(C)CN(CC(C(N)=NO)C(F)(F)F)CC(C)(C)O1. The average Bonchev–Trinajstić information content (AvgIpc) is 2.18. The van der Waals surface area contributed by atoms with Crippen LogP contribution in [-0.4, -0.2) is 53.0 Å². The molecule has 1 saturated heterocycles. The second kappa shape index (κ2) is 5.40. The highest BCUT2D eigenvalue weighted by atomic mass is 19.4. The Bertz CT molecular complexity index is 365. The van der Waals surface area contributed by atoms with Crippen LogP contribution in [0.2, 0.25) is 0 Å². The summed E-state index contributed by atoms with van der Waals surface area (Å²) in [5.74, 6) is -2.81. The summed E-state index contributed by atoms with van der Waals surface area (Å²) in [6.07, 6.45) is -4.55. The van der Waals surface area contributed by atoms with E-state index in [1.807, 2.05) is 27.7 Å². The monoisotopic (exact) mass is 297 g/mol. The maximum absolute atomic E-state index is 13.0. The van der Waals surface area contributed by atoms with Gasteiger partial charge in [-0.2, -0.15) is 13.2 Å². The van der Waals surface area contributed by atoms with Crippen molar-refractivity contribution in [1.29, 1.82) is 0 Å². The van der Waals surface area contributed by atoms with Crippen molar-refractivity contribution in [2.45, 2.75) is 45.1 Å². The smallest absolute Gasteiger partial charge is 0.400 e. The molecule has 1 atom stereocenters. The Morgan fingerprint density at radius 2 is 1.75 bits per heavy atom. The molecule has 118 valence electrons. The lowest BCUT2D eigenvalue weighted by atomic mass is 9.97. The Hall–Kier alpha value is -1.02. The van der Waals surface area contributed by atoms with Crippen LogP contribution in [0.1, 0.15) is 27.7 Å². The molecule has 0 spiro atoms. The third kappa shape index (κ3) is 4.52. The number of morpholine rings is 1. The quantitative estimate of drug-likeness (QED) is 0.361. The second-order valence-corrected chi connectivity index (χ2v) is 6.41. The number of hydrogen-bond donors (Lipinski definition) is 2. The van der Waals surface area contributed by atoms with Crippen LogP contribution < -0.4 is 5.73 Å². The van der Waals surface area contributed by atoms with Crippen molar-refractivity contribution in [1.82, 2.24) is 4.90 Å². The minimum atomic E-state index is -4.55. The standard InChI is InChI=1S/C12H22F3N3O2/c1-10(2)6-18(7-11(3,4)20-10)5-8(9(16)17-19)12(13,14)15/h8,19H,5-7H2,1-4H3,(H2,16,17). The third-order valence-electron chi connectivity index (χ3n) is 3.07. The Morgan fingerprint density at radius 3 is 2.10 bits per heavy atom. The molecule has 0 saturated carbocycles. The normalized spacial score (nSPS) is 25.4. The van der Waals surface area contributed by atoms with Gasteiger partial charge in [0.15, 0.2) is 5.84 Å². The van der Waals surface area contributed by atoms with Crippen molar-refractivity contribution in [2.75, 3.05) is 19.6 Å². The first-order valence-electron chi connectivity index (χ1n) is 6.33. The molecule has 0 aromatic heterocycles. The van der Waals surface area contributed by atoms with Crippen LogP contribution in [0, 0.1) is 5.92 Å². The van der Waals surface area contributed by atoms with E-state index in [9.17, 15) is 13.2 Å². The van der Waals surface area contributed by atoms with Crippen LogP contribution in [-0.2, 0) is 4.74 Å². The lowest BCUT2D eigenvalue weighted by Crippen LogP contribution is -2.59. The van der Waals surface area contributed by atoms with E-state index >= 15 is 0 Å². The average molecular weight is 297 g/mol. The van der Waals surface area contributed by atoms with Gasteiger partial charge in [0, 0.05) is 19.6 Å². The number of ether oxygens (including phenoxy) is 1. The van der Waals surface area contributed by atoms with Crippen LogP contribution in [0.4, 0.5) is 13.2 Å². The van der Waals surface area contributed by atoms with E-state index in [-0.39, 0.29) is 6.54 Å². The molecule has 1 heterocycles. The fourth-order valence-corrected chi connectivity index (χ4v) is 2.77. The summed E-state index contributed by atoms with van der Waals surface area (Å²) in [7, 11) is 0. The fourth-order valence-electron chi connectivity index (χ4n) is 2.77. The molecule has 1 aliphatic rings. The number of nitrogens with zero attached hydrogens (tertiary/aromatic N) is 2. The molecule has 20 heavy (non-hydrogen) atoms. The van der Waals surface area contributed by atoms with Gasteiger partial charge in [-0.05, 0) is 27.7 Å². The van der Waals surface area contributed by atoms with Crippen molar-refractivity contribution in [3.05, 3.63) is 0 Å². The number of halogens is 3. The Kier molecular flexibility index (Phi) is 4.60. The summed E-state index contributed by atoms with van der Waals surface area (Å²) in [5, 5.41) is 11.0. The molecule has 3 N–H and O–H groups in total. The van der Waals surface area contributed by atoms with Crippen molar-refractivity contribution in [3.63, 3.8) is 0 Å². The first-order chi connectivity index (χ1) is 8.86. The van der Waals surface area contributed by atoms with Crippen LogP contribution in [0.3, 0.4) is 0 Å². The van der Waals surface area contributed by atoms with Gasteiger partial charge < -0.3 is 15.7 Å². The van der Waals surface area contributed by atoms with Gasteiger partial charge in [0.25, 0.3) is 0 Å². The maximum atomic E-state index is 13.0. The highest BCUT2D eigenvalue weighted by molar-refractivity contribution is 5.83. The molecular weight excluding hydrogens is 275 g/mol.